The first-order chi connectivity index (χ1) is 9.65. The van der Waals surface area contributed by atoms with Crippen LogP contribution in [-0.2, 0) is 9.47 Å². The zero-order valence-electron chi connectivity index (χ0n) is 14.2. The van der Waals surface area contributed by atoms with Gasteiger partial charge in [-0.15, -0.1) is 0 Å². The molecule has 0 spiro atoms. The maximum absolute atomic E-state index is 5.18. The highest BCUT2D eigenvalue weighted by molar-refractivity contribution is 4.95. The van der Waals surface area contributed by atoms with Gasteiger partial charge in [0.15, 0.2) is 6.29 Å². The second-order valence-electron chi connectivity index (χ2n) is 5.67. The van der Waals surface area contributed by atoms with E-state index in [0.717, 1.165) is 0 Å². The highest BCUT2D eigenvalue weighted by atomic mass is 16.7. The molecule has 0 heterocycles. The molecular formula is C17H35NO2. The van der Waals surface area contributed by atoms with Crippen LogP contribution in [0.25, 0.3) is 0 Å². The Balaban J connectivity index is 3.86. The zero-order chi connectivity index (χ0) is 15.2. The van der Waals surface area contributed by atoms with Crippen LogP contribution in [0.15, 0.2) is 12.2 Å². The van der Waals surface area contributed by atoms with Gasteiger partial charge < -0.3 is 14.4 Å². The van der Waals surface area contributed by atoms with Crippen molar-refractivity contribution in [2.75, 3.05) is 28.3 Å². The topological polar surface area (TPSA) is 21.7 Å². The van der Waals surface area contributed by atoms with Crippen LogP contribution in [0.1, 0.15) is 58.3 Å². The van der Waals surface area contributed by atoms with Gasteiger partial charge in [0.2, 0.25) is 0 Å². The molecule has 0 aliphatic carbocycles. The number of methoxy groups -OCH3 is 2. The Morgan fingerprint density at radius 1 is 0.850 bits per heavy atom. The minimum absolute atomic E-state index is 0.230. The van der Waals surface area contributed by atoms with Crippen LogP contribution < -0.4 is 0 Å². The molecule has 0 saturated heterocycles. The summed E-state index contributed by atoms with van der Waals surface area (Å²) in [4.78, 5) is 2.26. The van der Waals surface area contributed by atoms with Gasteiger partial charge in [-0.2, -0.15) is 0 Å². The van der Waals surface area contributed by atoms with E-state index < -0.39 is 0 Å². The van der Waals surface area contributed by atoms with E-state index in [4.69, 9.17) is 9.47 Å². The molecule has 1 unspecified atom stereocenters. The molecule has 0 aromatic carbocycles. The molecule has 0 rings (SSSR count). The molecule has 0 aromatic heterocycles. The number of hydrogen-bond donors (Lipinski definition) is 0. The third kappa shape index (κ3) is 10.4. The molecule has 0 fully saturated rings. The molecule has 3 heteroatoms. The number of unbranched alkanes of at least 4 members (excludes halogenated alkanes) is 6. The third-order valence-electron chi connectivity index (χ3n) is 3.72. The standard InChI is InChI=1S/C17H35NO2/c1-6-7-8-9-10-11-12-13-16(18(2)3)14-15-17(19-4)20-5/h14-17H,6-13H2,1-5H3. The highest BCUT2D eigenvalue weighted by Crippen LogP contribution is 2.13. The molecule has 0 aromatic rings. The summed E-state index contributed by atoms with van der Waals surface area (Å²) in [5, 5.41) is 0. The first-order valence-electron chi connectivity index (χ1n) is 8.06. The molecule has 0 radical (unpaired) electrons. The summed E-state index contributed by atoms with van der Waals surface area (Å²) in [6.45, 7) is 2.27. The smallest absolute Gasteiger partial charge is 0.176 e. The van der Waals surface area contributed by atoms with E-state index in [-0.39, 0.29) is 6.29 Å². The van der Waals surface area contributed by atoms with Crippen molar-refractivity contribution < 1.29 is 9.47 Å². The van der Waals surface area contributed by atoms with Gasteiger partial charge in [0.1, 0.15) is 0 Å². The maximum atomic E-state index is 5.18. The summed E-state index contributed by atoms with van der Waals surface area (Å²) in [7, 11) is 7.59. The fraction of sp³-hybridized carbons (Fsp3) is 0.882. The van der Waals surface area contributed by atoms with Crippen molar-refractivity contribution in [3.05, 3.63) is 12.2 Å². The van der Waals surface area contributed by atoms with Crippen LogP contribution in [0.4, 0.5) is 0 Å². The lowest BCUT2D eigenvalue weighted by Crippen LogP contribution is -2.26. The first kappa shape index (κ1) is 19.6. The van der Waals surface area contributed by atoms with Crippen LogP contribution >= 0.6 is 0 Å². The van der Waals surface area contributed by atoms with E-state index in [2.05, 4.69) is 32.0 Å². The first-order valence-corrected chi connectivity index (χ1v) is 8.06. The summed E-state index contributed by atoms with van der Waals surface area (Å²) in [5.74, 6) is 0. The molecule has 0 bridgehead atoms. The predicted octanol–water partition coefficient (Wildman–Crippen LogP) is 4.23. The minimum atomic E-state index is -0.230. The van der Waals surface area contributed by atoms with Crippen molar-refractivity contribution >= 4 is 0 Å². The van der Waals surface area contributed by atoms with E-state index >= 15 is 0 Å². The summed E-state index contributed by atoms with van der Waals surface area (Å²) in [6, 6.07) is 0.471. The third-order valence-corrected chi connectivity index (χ3v) is 3.72. The van der Waals surface area contributed by atoms with Crippen LogP contribution in [0.5, 0.6) is 0 Å². The van der Waals surface area contributed by atoms with Crippen molar-refractivity contribution in [2.24, 2.45) is 0 Å². The Labute approximate surface area is 126 Å². The predicted molar refractivity (Wildman–Crippen MR) is 87.0 cm³/mol. The second kappa shape index (κ2) is 13.6. The fourth-order valence-electron chi connectivity index (χ4n) is 2.31. The molecule has 0 aliphatic heterocycles. The lowest BCUT2D eigenvalue weighted by Gasteiger charge is -2.21. The summed E-state index contributed by atoms with van der Waals surface area (Å²) >= 11 is 0. The van der Waals surface area contributed by atoms with E-state index in [1.165, 1.54) is 51.4 Å². The zero-order valence-corrected chi connectivity index (χ0v) is 14.2. The Hall–Kier alpha value is -0.380. The minimum Gasteiger partial charge on any atom is -0.352 e. The van der Waals surface area contributed by atoms with Gasteiger partial charge in [0.05, 0.1) is 0 Å². The number of likely N-dealkylation sites (N-methyl/N-ethyl adjacent to an activating group) is 1. The van der Waals surface area contributed by atoms with Gasteiger partial charge in [-0.3, -0.25) is 0 Å². The van der Waals surface area contributed by atoms with Gasteiger partial charge >= 0.3 is 0 Å². The van der Waals surface area contributed by atoms with Gasteiger partial charge in [0, 0.05) is 20.3 Å². The molecule has 1 atom stereocenters. The van der Waals surface area contributed by atoms with Crippen LogP contribution in [0, 0.1) is 0 Å². The SMILES string of the molecule is CCCCCCCCCC(C=CC(OC)OC)N(C)C. The normalized spacial score (nSPS) is 13.8. The Bertz CT molecular complexity index is 225. The Morgan fingerprint density at radius 3 is 1.90 bits per heavy atom. The van der Waals surface area contributed by atoms with Crippen molar-refractivity contribution in [2.45, 2.75) is 70.6 Å². The van der Waals surface area contributed by atoms with Crippen LogP contribution in [-0.4, -0.2) is 45.5 Å². The van der Waals surface area contributed by atoms with Crippen LogP contribution in [0.3, 0.4) is 0 Å². The Kier molecular flexibility index (Phi) is 13.3. The average Bonchev–Trinajstić information content (AvgIpc) is 2.44. The molecular weight excluding hydrogens is 250 g/mol. The lowest BCUT2D eigenvalue weighted by atomic mass is 10.0. The van der Waals surface area contributed by atoms with Gasteiger partial charge in [-0.25, -0.2) is 0 Å². The molecule has 3 nitrogen and oxygen atoms in total. The Morgan fingerprint density at radius 2 is 1.40 bits per heavy atom. The molecule has 20 heavy (non-hydrogen) atoms. The lowest BCUT2D eigenvalue weighted by molar-refractivity contribution is -0.0669. The van der Waals surface area contributed by atoms with Crippen molar-refractivity contribution in [3.8, 4) is 0 Å². The summed E-state index contributed by atoms with van der Waals surface area (Å²) in [5.41, 5.74) is 0. The number of ether oxygens (including phenoxy) is 2. The van der Waals surface area contributed by atoms with E-state index in [1.807, 2.05) is 6.08 Å². The van der Waals surface area contributed by atoms with E-state index in [0.29, 0.717) is 6.04 Å². The number of rotatable bonds is 13. The molecule has 0 aliphatic rings. The van der Waals surface area contributed by atoms with Gasteiger partial charge in [-0.05, 0) is 26.6 Å². The number of nitrogens with zero attached hydrogens (tertiary/aromatic N) is 1. The quantitative estimate of drug-likeness (QED) is 0.287. The fourth-order valence-corrected chi connectivity index (χ4v) is 2.31. The van der Waals surface area contributed by atoms with Crippen molar-refractivity contribution in [3.63, 3.8) is 0 Å². The van der Waals surface area contributed by atoms with Crippen LogP contribution in [0.2, 0.25) is 0 Å². The monoisotopic (exact) mass is 285 g/mol. The molecule has 0 N–H and O–H groups in total. The van der Waals surface area contributed by atoms with E-state index in [9.17, 15) is 0 Å². The maximum Gasteiger partial charge on any atom is 0.176 e. The van der Waals surface area contributed by atoms with Gasteiger partial charge in [0.25, 0.3) is 0 Å². The molecule has 0 amide bonds. The highest BCUT2D eigenvalue weighted by Gasteiger charge is 2.08. The summed E-state index contributed by atoms with van der Waals surface area (Å²) in [6.07, 6.45) is 14.7. The molecule has 120 valence electrons. The second-order valence-corrected chi connectivity index (χ2v) is 5.67. The largest absolute Gasteiger partial charge is 0.352 e. The van der Waals surface area contributed by atoms with Crippen molar-refractivity contribution in [1.82, 2.24) is 4.90 Å². The molecule has 0 saturated carbocycles. The average molecular weight is 285 g/mol. The number of hydrogen-bond acceptors (Lipinski definition) is 3. The summed E-state index contributed by atoms with van der Waals surface area (Å²) < 4.78 is 10.4. The van der Waals surface area contributed by atoms with Crippen molar-refractivity contribution in [1.29, 1.82) is 0 Å². The van der Waals surface area contributed by atoms with Gasteiger partial charge in [-0.1, -0.05) is 57.9 Å². The van der Waals surface area contributed by atoms with E-state index in [1.54, 1.807) is 14.2 Å².